The summed E-state index contributed by atoms with van der Waals surface area (Å²) in [5.74, 6) is 0. The Kier molecular flexibility index (Phi) is 6.14. The monoisotopic (exact) mass is 334 g/mol. The first-order chi connectivity index (χ1) is 4.75. The first-order valence-electron chi connectivity index (χ1n) is 4.05. The molecule has 1 rings (SSSR count). The Morgan fingerprint density at radius 3 is 2.18 bits per heavy atom. The third kappa shape index (κ3) is 3.09. The van der Waals surface area contributed by atoms with Crippen LogP contribution in [0.3, 0.4) is 0 Å². The molecule has 0 amide bonds. The van der Waals surface area contributed by atoms with Gasteiger partial charge in [0, 0.05) is 0 Å². The van der Waals surface area contributed by atoms with E-state index in [-0.39, 0.29) is 17.0 Å². The predicted molar refractivity (Wildman–Crippen MR) is 48.8 cm³/mol. The molecule has 1 saturated heterocycles. The Labute approximate surface area is 87.9 Å². The minimum Gasteiger partial charge on any atom is -1.00 e. The van der Waals surface area contributed by atoms with Crippen molar-refractivity contribution in [2.45, 2.75) is 39.1 Å². The number of hydrogen-bond acceptors (Lipinski definition) is 0. The van der Waals surface area contributed by atoms with Crippen molar-refractivity contribution in [1.82, 2.24) is 0 Å². The van der Waals surface area contributed by atoms with Crippen LogP contribution < -0.4 is 17.0 Å². The Balaban J connectivity index is 0.000001000. The molecule has 11 heavy (non-hydrogen) atoms. The zero-order valence-electron chi connectivity index (χ0n) is 7.35. The van der Waals surface area contributed by atoms with Gasteiger partial charge in [-0.3, -0.25) is 0 Å². The zero-order chi connectivity index (χ0) is 7.56. The molecule has 0 radical (unpaired) electrons. The van der Waals surface area contributed by atoms with Gasteiger partial charge in [0.2, 0.25) is 0 Å². The summed E-state index contributed by atoms with van der Waals surface area (Å²) in [5.41, 5.74) is 0. The minimum absolute atomic E-state index is 0. The normalized spacial score (nSPS) is 31.5. The first-order valence-corrected chi connectivity index (χ1v) is 8.39. The van der Waals surface area contributed by atoms with Crippen LogP contribution in [0.2, 0.25) is 12.4 Å². The van der Waals surface area contributed by atoms with Crippen LogP contribution in [-0.2, 0) is 0 Å². The van der Waals surface area contributed by atoms with Gasteiger partial charge in [-0.1, -0.05) is 0 Å². The molecule has 1 aliphatic rings. The van der Waals surface area contributed by atoms with E-state index in [1.165, 1.54) is 17.3 Å². The molecule has 2 heteroatoms. The van der Waals surface area contributed by atoms with Crippen LogP contribution in [0.1, 0.15) is 26.7 Å². The molecule has 2 atom stereocenters. The molecular weight excluding hydrogens is 316 g/mol. The van der Waals surface area contributed by atoms with Crippen molar-refractivity contribution < 1.29 is 17.0 Å². The molecule has 0 bridgehead atoms. The van der Waals surface area contributed by atoms with Crippen molar-refractivity contribution in [2.75, 3.05) is 0 Å². The summed E-state index contributed by atoms with van der Waals surface area (Å²) in [5, 5.41) is 0. The van der Waals surface area contributed by atoms with Crippen LogP contribution >= 0.6 is 0 Å². The van der Waals surface area contributed by atoms with Gasteiger partial charge < -0.3 is 17.0 Å². The predicted octanol–water partition coefficient (Wildman–Crippen LogP) is 0.245. The number of hydrogen-bond donors (Lipinski definition) is 0. The maximum Gasteiger partial charge on any atom is -1.00 e. The van der Waals surface area contributed by atoms with E-state index in [1.54, 1.807) is 0 Å². The summed E-state index contributed by atoms with van der Waals surface area (Å²) in [6.45, 7) is 8.73. The maximum absolute atomic E-state index is 3.84. The number of rotatable bonds is 2. The quantitative estimate of drug-likeness (QED) is 0.502. The fourth-order valence-electron chi connectivity index (χ4n) is 1.63. The first kappa shape index (κ1) is 12.0. The van der Waals surface area contributed by atoms with Gasteiger partial charge in [0.15, 0.2) is 0 Å². The standard InChI is InChI=1S/C9H17Te.BrH/c1-4-7-10-8(2)5-6-9(10)3;/h4,8-9H,1,5-7H2,2-3H3;1H/q+1;/p-1. The number of allylic oxidation sites excluding steroid dienone is 1. The SMILES string of the molecule is C=CC[Te+]1C(C)CCC1C.[Br-]. The van der Waals surface area contributed by atoms with Crippen LogP contribution in [0.4, 0.5) is 0 Å². The molecule has 0 aliphatic carbocycles. The van der Waals surface area contributed by atoms with E-state index in [9.17, 15) is 0 Å². The van der Waals surface area contributed by atoms with Crippen molar-refractivity contribution in [3.63, 3.8) is 0 Å². The molecule has 0 saturated carbocycles. The van der Waals surface area contributed by atoms with Crippen molar-refractivity contribution in [3.05, 3.63) is 12.7 Å². The van der Waals surface area contributed by atoms with E-state index in [4.69, 9.17) is 0 Å². The summed E-state index contributed by atoms with van der Waals surface area (Å²) in [6, 6.07) is 0. The van der Waals surface area contributed by atoms with E-state index in [2.05, 4.69) is 26.5 Å². The topological polar surface area (TPSA) is 0 Å². The van der Waals surface area contributed by atoms with E-state index >= 15 is 0 Å². The van der Waals surface area contributed by atoms with Crippen LogP contribution in [0.15, 0.2) is 12.7 Å². The molecule has 66 valence electrons. The average Bonchev–Trinajstić information content (AvgIpc) is 2.20. The van der Waals surface area contributed by atoms with Gasteiger partial charge in [-0.05, 0) is 0 Å². The van der Waals surface area contributed by atoms with Crippen LogP contribution in [0.25, 0.3) is 0 Å². The fourth-order valence-corrected chi connectivity index (χ4v) is 9.05. The molecule has 0 nitrogen and oxygen atoms in total. The van der Waals surface area contributed by atoms with E-state index in [0.717, 1.165) is 7.93 Å². The van der Waals surface area contributed by atoms with E-state index in [1.807, 2.05) is 0 Å². The summed E-state index contributed by atoms with van der Waals surface area (Å²) >= 11 is -0.682. The Bertz CT molecular complexity index is 115. The molecular formula is C9H17BrTe. The fraction of sp³-hybridized carbons (Fsp3) is 0.778. The van der Waals surface area contributed by atoms with Crippen LogP contribution in [-0.4, -0.2) is 19.6 Å². The van der Waals surface area contributed by atoms with Crippen molar-refractivity contribution in [2.24, 2.45) is 0 Å². The molecule has 0 aromatic heterocycles. The summed E-state index contributed by atoms with van der Waals surface area (Å²) in [7, 11) is 0. The molecule has 0 N–H and O–H groups in total. The maximum atomic E-state index is 3.84. The van der Waals surface area contributed by atoms with E-state index in [0.29, 0.717) is 0 Å². The average molecular weight is 333 g/mol. The summed E-state index contributed by atoms with van der Waals surface area (Å²) in [4.78, 5) is 0. The molecule has 1 fully saturated rings. The third-order valence-corrected chi connectivity index (χ3v) is 11.3. The van der Waals surface area contributed by atoms with Crippen molar-refractivity contribution in [1.29, 1.82) is 0 Å². The van der Waals surface area contributed by atoms with Gasteiger partial charge in [-0.15, -0.1) is 0 Å². The Morgan fingerprint density at radius 1 is 1.36 bits per heavy atom. The summed E-state index contributed by atoms with van der Waals surface area (Å²) < 4.78 is 3.61. The second kappa shape index (κ2) is 5.62. The summed E-state index contributed by atoms with van der Waals surface area (Å²) in [6.07, 6.45) is 5.16. The third-order valence-electron chi connectivity index (χ3n) is 2.32. The van der Waals surface area contributed by atoms with Gasteiger partial charge in [-0.25, -0.2) is 0 Å². The second-order valence-electron chi connectivity index (χ2n) is 3.12. The molecule has 1 heterocycles. The van der Waals surface area contributed by atoms with Crippen molar-refractivity contribution in [3.8, 4) is 0 Å². The number of halogens is 1. The van der Waals surface area contributed by atoms with Gasteiger partial charge in [0.05, 0.1) is 0 Å². The Morgan fingerprint density at radius 2 is 1.82 bits per heavy atom. The zero-order valence-corrected chi connectivity index (χ0v) is 11.3. The molecule has 0 aromatic carbocycles. The van der Waals surface area contributed by atoms with Gasteiger partial charge in [0.1, 0.15) is 0 Å². The largest absolute Gasteiger partial charge is 1.00 e. The molecule has 2 unspecified atom stereocenters. The molecule has 0 aromatic rings. The Hall–Kier alpha value is 1.01. The van der Waals surface area contributed by atoms with Gasteiger partial charge >= 0.3 is 71.3 Å². The molecule has 0 spiro atoms. The second-order valence-corrected chi connectivity index (χ2v) is 11.3. The van der Waals surface area contributed by atoms with E-state index < -0.39 is 19.6 Å². The smallest absolute Gasteiger partial charge is 1.00 e. The van der Waals surface area contributed by atoms with Crippen LogP contribution in [0, 0.1) is 0 Å². The molecule has 1 aliphatic heterocycles. The van der Waals surface area contributed by atoms with Crippen LogP contribution in [0.5, 0.6) is 0 Å². The minimum atomic E-state index is -0.682. The van der Waals surface area contributed by atoms with Gasteiger partial charge in [-0.2, -0.15) is 0 Å². The van der Waals surface area contributed by atoms with Gasteiger partial charge in [0.25, 0.3) is 0 Å². The van der Waals surface area contributed by atoms with Crippen molar-refractivity contribution >= 4 is 19.6 Å².